The number of rotatable bonds is 4. The summed E-state index contributed by atoms with van der Waals surface area (Å²) < 4.78 is 0. The number of piperidine rings is 2. The van der Waals surface area contributed by atoms with Gasteiger partial charge in [0, 0.05) is 52.5 Å². The zero-order chi connectivity index (χ0) is 20.4. The summed E-state index contributed by atoms with van der Waals surface area (Å²) >= 11 is 0. The van der Waals surface area contributed by atoms with Crippen molar-refractivity contribution in [3.05, 3.63) is 36.0 Å². The molecule has 2 aliphatic rings. The van der Waals surface area contributed by atoms with Crippen LogP contribution >= 0.6 is 0 Å². The summed E-state index contributed by atoms with van der Waals surface area (Å²) in [5, 5.41) is 0. The topological polar surface area (TPSA) is 78.4 Å². The summed E-state index contributed by atoms with van der Waals surface area (Å²) in [5.41, 5.74) is 1.93. The van der Waals surface area contributed by atoms with Crippen LogP contribution in [0, 0.1) is 12.3 Å². The first kappa shape index (κ1) is 19.5. The molecule has 2 fully saturated rings. The molecule has 4 rings (SSSR count). The summed E-state index contributed by atoms with van der Waals surface area (Å²) in [6, 6.07) is 1.92. The van der Waals surface area contributed by atoms with Crippen molar-refractivity contribution < 1.29 is 4.79 Å². The maximum atomic E-state index is 12.5. The SMILES string of the molecule is Cc1cnc(CN2CC3(CCC2=O)CCN(c2nccc(N(C)C)n2)CC3)cn1. The standard InChI is InChI=1S/C21H29N7O/c1-16-12-24-17(13-23-16)14-28-15-21(6-4-19(28)29)7-10-27(11-8-21)20-22-9-5-18(25-20)26(2)3/h5,9,12-13H,4,6-8,10-11,14-15H2,1-3H3. The molecule has 8 nitrogen and oxygen atoms in total. The van der Waals surface area contributed by atoms with Crippen LogP contribution in [0.25, 0.3) is 0 Å². The van der Waals surface area contributed by atoms with E-state index in [4.69, 9.17) is 0 Å². The second-order valence-electron chi connectivity index (χ2n) is 8.50. The summed E-state index contributed by atoms with van der Waals surface area (Å²) in [5.74, 6) is 1.94. The van der Waals surface area contributed by atoms with E-state index in [2.05, 4.69) is 24.8 Å². The van der Waals surface area contributed by atoms with Gasteiger partial charge in [-0.1, -0.05) is 0 Å². The lowest BCUT2D eigenvalue weighted by atomic mass is 9.72. The first-order chi connectivity index (χ1) is 13.9. The summed E-state index contributed by atoms with van der Waals surface area (Å²) in [7, 11) is 3.98. The van der Waals surface area contributed by atoms with E-state index in [1.54, 1.807) is 12.4 Å². The van der Waals surface area contributed by atoms with Crippen molar-refractivity contribution in [1.82, 2.24) is 24.8 Å². The third kappa shape index (κ3) is 4.31. The molecule has 4 heterocycles. The number of nitrogens with zero attached hydrogens (tertiary/aromatic N) is 7. The zero-order valence-corrected chi connectivity index (χ0v) is 17.5. The van der Waals surface area contributed by atoms with Gasteiger partial charge in [0.15, 0.2) is 0 Å². The second kappa shape index (κ2) is 7.93. The summed E-state index contributed by atoms with van der Waals surface area (Å²) in [4.78, 5) is 36.7. The minimum Gasteiger partial charge on any atom is -0.363 e. The van der Waals surface area contributed by atoms with Gasteiger partial charge < -0.3 is 14.7 Å². The Morgan fingerprint density at radius 3 is 2.59 bits per heavy atom. The van der Waals surface area contributed by atoms with Crippen molar-refractivity contribution in [2.24, 2.45) is 5.41 Å². The van der Waals surface area contributed by atoms with E-state index in [1.165, 1.54) is 0 Å². The third-order valence-electron chi connectivity index (χ3n) is 6.13. The van der Waals surface area contributed by atoms with Gasteiger partial charge in [-0.15, -0.1) is 0 Å². The Balaban J connectivity index is 1.41. The molecule has 2 aromatic rings. The summed E-state index contributed by atoms with van der Waals surface area (Å²) in [6.07, 6.45) is 9.05. The van der Waals surface area contributed by atoms with E-state index in [0.717, 1.165) is 62.1 Å². The number of hydrogen-bond acceptors (Lipinski definition) is 7. The highest BCUT2D eigenvalue weighted by Gasteiger charge is 2.41. The molecular formula is C21H29N7O. The number of hydrogen-bond donors (Lipinski definition) is 0. The van der Waals surface area contributed by atoms with Gasteiger partial charge in [-0.05, 0) is 37.7 Å². The van der Waals surface area contributed by atoms with Gasteiger partial charge in [0.05, 0.1) is 24.1 Å². The average molecular weight is 396 g/mol. The highest BCUT2D eigenvalue weighted by molar-refractivity contribution is 5.77. The molecule has 0 aromatic carbocycles. The Hall–Kier alpha value is -2.77. The average Bonchev–Trinajstić information content (AvgIpc) is 2.73. The number of carbonyl (C=O) groups excluding carboxylic acids is 1. The molecule has 0 radical (unpaired) electrons. The smallest absolute Gasteiger partial charge is 0.227 e. The molecule has 8 heteroatoms. The molecule has 29 heavy (non-hydrogen) atoms. The van der Waals surface area contributed by atoms with E-state index in [1.807, 2.05) is 43.1 Å². The molecule has 0 unspecified atom stereocenters. The Morgan fingerprint density at radius 1 is 1.10 bits per heavy atom. The van der Waals surface area contributed by atoms with Crippen LogP contribution in [0.3, 0.4) is 0 Å². The van der Waals surface area contributed by atoms with Crippen LogP contribution in [0.4, 0.5) is 11.8 Å². The highest BCUT2D eigenvalue weighted by Crippen LogP contribution is 2.41. The Kier molecular flexibility index (Phi) is 5.34. The molecule has 1 amide bonds. The molecule has 0 bridgehead atoms. The van der Waals surface area contributed by atoms with Crippen molar-refractivity contribution in [2.75, 3.05) is 43.5 Å². The molecule has 2 aromatic heterocycles. The first-order valence-corrected chi connectivity index (χ1v) is 10.2. The number of aromatic nitrogens is 4. The molecule has 2 aliphatic heterocycles. The van der Waals surface area contributed by atoms with Crippen LogP contribution in [-0.2, 0) is 11.3 Å². The van der Waals surface area contributed by atoms with Crippen LogP contribution in [-0.4, -0.2) is 64.5 Å². The number of likely N-dealkylation sites (tertiary alicyclic amines) is 1. The number of anilines is 2. The minimum absolute atomic E-state index is 0.182. The number of aryl methyl sites for hydroxylation is 1. The second-order valence-corrected chi connectivity index (χ2v) is 8.50. The van der Waals surface area contributed by atoms with E-state index >= 15 is 0 Å². The lowest BCUT2D eigenvalue weighted by Crippen LogP contribution is -2.51. The number of carbonyl (C=O) groups is 1. The fraction of sp³-hybridized carbons (Fsp3) is 0.571. The lowest BCUT2D eigenvalue weighted by Gasteiger charge is -2.47. The van der Waals surface area contributed by atoms with Gasteiger partial charge >= 0.3 is 0 Å². The Morgan fingerprint density at radius 2 is 1.90 bits per heavy atom. The van der Waals surface area contributed by atoms with E-state index in [-0.39, 0.29) is 11.3 Å². The van der Waals surface area contributed by atoms with Crippen LogP contribution in [0.15, 0.2) is 24.7 Å². The molecule has 0 N–H and O–H groups in total. The Labute approximate surface area is 172 Å². The van der Waals surface area contributed by atoms with Crippen molar-refractivity contribution in [3.8, 4) is 0 Å². The zero-order valence-electron chi connectivity index (χ0n) is 17.5. The van der Waals surface area contributed by atoms with Crippen LogP contribution in [0.1, 0.15) is 37.1 Å². The van der Waals surface area contributed by atoms with Crippen LogP contribution in [0.5, 0.6) is 0 Å². The third-order valence-corrected chi connectivity index (χ3v) is 6.13. The molecule has 1 spiro atoms. The fourth-order valence-electron chi connectivity index (χ4n) is 4.27. The first-order valence-electron chi connectivity index (χ1n) is 10.2. The quantitative estimate of drug-likeness (QED) is 0.784. The van der Waals surface area contributed by atoms with Gasteiger partial charge in [0.1, 0.15) is 5.82 Å². The minimum atomic E-state index is 0.182. The normalized spacial score (nSPS) is 18.9. The fourth-order valence-corrected chi connectivity index (χ4v) is 4.27. The molecule has 154 valence electrons. The molecule has 0 aliphatic carbocycles. The Bertz CT molecular complexity index is 860. The van der Waals surface area contributed by atoms with E-state index < -0.39 is 0 Å². The van der Waals surface area contributed by atoms with Crippen molar-refractivity contribution >= 4 is 17.7 Å². The maximum Gasteiger partial charge on any atom is 0.227 e. The monoisotopic (exact) mass is 395 g/mol. The highest BCUT2D eigenvalue weighted by atomic mass is 16.2. The van der Waals surface area contributed by atoms with Gasteiger partial charge in [0.25, 0.3) is 0 Å². The van der Waals surface area contributed by atoms with Gasteiger partial charge in [-0.25, -0.2) is 4.98 Å². The van der Waals surface area contributed by atoms with Gasteiger partial charge in [0.2, 0.25) is 11.9 Å². The van der Waals surface area contributed by atoms with Crippen molar-refractivity contribution in [3.63, 3.8) is 0 Å². The van der Waals surface area contributed by atoms with Crippen molar-refractivity contribution in [1.29, 1.82) is 0 Å². The van der Waals surface area contributed by atoms with Crippen LogP contribution in [0.2, 0.25) is 0 Å². The molecule has 0 saturated carbocycles. The largest absolute Gasteiger partial charge is 0.363 e. The van der Waals surface area contributed by atoms with Crippen LogP contribution < -0.4 is 9.80 Å². The molecule has 2 saturated heterocycles. The van der Waals surface area contributed by atoms with E-state index in [0.29, 0.717) is 13.0 Å². The van der Waals surface area contributed by atoms with E-state index in [9.17, 15) is 4.79 Å². The predicted octanol–water partition coefficient (Wildman–Crippen LogP) is 2.05. The molecular weight excluding hydrogens is 366 g/mol. The lowest BCUT2D eigenvalue weighted by molar-refractivity contribution is -0.139. The molecule has 0 atom stereocenters. The van der Waals surface area contributed by atoms with Crippen molar-refractivity contribution in [2.45, 2.75) is 39.2 Å². The maximum absolute atomic E-state index is 12.5. The predicted molar refractivity (Wildman–Crippen MR) is 112 cm³/mol. The van der Waals surface area contributed by atoms with Gasteiger partial charge in [-0.2, -0.15) is 4.98 Å². The summed E-state index contributed by atoms with van der Waals surface area (Å²) in [6.45, 7) is 5.11. The number of amides is 1. The van der Waals surface area contributed by atoms with Gasteiger partial charge in [-0.3, -0.25) is 14.8 Å².